The Hall–Kier alpha value is -1.56. The second-order valence-corrected chi connectivity index (χ2v) is 4.25. The van der Waals surface area contributed by atoms with Crippen LogP contribution in [0, 0.1) is 0 Å². The normalized spacial score (nSPS) is 23.3. The third-order valence-electron chi connectivity index (χ3n) is 3.02. The van der Waals surface area contributed by atoms with E-state index in [1.54, 1.807) is 24.3 Å². The second-order valence-electron chi connectivity index (χ2n) is 4.25. The van der Waals surface area contributed by atoms with Crippen molar-refractivity contribution in [1.29, 1.82) is 0 Å². The first-order valence-corrected chi connectivity index (χ1v) is 5.54. The van der Waals surface area contributed by atoms with Crippen LogP contribution < -0.4 is 5.32 Å². The van der Waals surface area contributed by atoms with E-state index >= 15 is 0 Å². The number of fused-ring (bicyclic) bond motifs is 1. The SMILES string of the molecule is O=C(NC1CC[C@H](O)c2ccccc21)C(F)(F)F. The van der Waals surface area contributed by atoms with Crippen molar-refractivity contribution in [3.8, 4) is 0 Å². The summed E-state index contributed by atoms with van der Waals surface area (Å²) in [6, 6.07) is 5.96. The van der Waals surface area contributed by atoms with Crippen LogP contribution in [0.4, 0.5) is 13.2 Å². The van der Waals surface area contributed by atoms with Gasteiger partial charge in [-0.1, -0.05) is 24.3 Å². The van der Waals surface area contributed by atoms with Gasteiger partial charge in [0, 0.05) is 0 Å². The fourth-order valence-corrected chi connectivity index (χ4v) is 2.16. The van der Waals surface area contributed by atoms with Gasteiger partial charge in [-0.15, -0.1) is 0 Å². The van der Waals surface area contributed by atoms with Gasteiger partial charge in [0.15, 0.2) is 0 Å². The van der Waals surface area contributed by atoms with E-state index in [4.69, 9.17) is 0 Å². The van der Waals surface area contributed by atoms with E-state index in [1.807, 2.05) is 5.32 Å². The summed E-state index contributed by atoms with van der Waals surface area (Å²) < 4.78 is 36.6. The average Bonchev–Trinajstić information content (AvgIpc) is 2.32. The number of hydrogen-bond donors (Lipinski definition) is 2. The molecule has 0 aliphatic heterocycles. The number of carbonyl (C=O) groups excluding carboxylic acids is 1. The highest BCUT2D eigenvalue weighted by molar-refractivity contribution is 5.82. The molecule has 0 saturated carbocycles. The molecule has 3 nitrogen and oxygen atoms in total. The molecule has 2 N–H and O–H groups in total. The minimum absolute atomic E-state index is 0.292. The van der Waals surface area contributed by atoms with Crippen molar-refractivity contribution in [1.82, 2.24) is 5.32 Å². The summed E-state index contributed by atoms with van der Waals surface area (Å²) in [5.41, 5.74) is 1.13. The zero-order valence-corrected chi connectivity index (χ0v) is 9.37. The quantitative estimate of drug-likeness (QED) is 0.812. The van der Waals surface area contributed by atoms with Gasteiger partial charge in [0.05, 0.1) is 12.1 Å². The number of halogens is 3. The molecule has 18 heavy (non-hydrogen) atoms. The van der Waals surface area contributed by atoms with Crippen LogP contribution >= 0.6 is 0 Å². The summed E-state index contributed by atoms with van der Waals surface area (Å²) in [5, 5.41) is 11.7. The molecule has 2 rings (SSSR count). The summed E-state index contributed by atoms with van der Waals surface area (Å²) >= 11 is 0. The van der Waals surface area contributed by atoms with Gasteiger partial charge in [-0.3, -0.25) is 4.79 Å². The molecular formula is C12H12F3NO2. The molecule has 1 aliphatic rings. The lowest BCUT2D eigenvalue weighted by molar-refractivity contribution is -0.174. The van der Waals surface area contributed by atoms with Crippen molar-refractivity contribution in [2.45, 2.75) is 31.2 Å². The molecule has 1 aliphatic carbocycles. The monoisotopic (exact) mass is 259 g/mol. The Morgan fingerprint density at radius 2 is 1.83 bits per heavy atom. The lowest BCUT2D eigenvalue weighted by Crippen LogP contribution is -2.40. The summed E-state index contributed by atoms with van der Waals surface area (Å²) in [5.74, 6) is -1.95. The number of benzene rings is 1. The Balaban J connectivity index is 2.22. The van der Waals surface area contributed by atoms with Crippen LogP contribution in [0.25, 0.3) is 0 Å². The highest BCUT2D eigenvalue weighted by Gasteiger charge is 2.40. The van der Waals surface area contributed by atoms with Crippen LogP contribution in [0.2, 0.25) is 0 Å². The highest BCUT2D eigenvalue weighted by atomic mass is 19.4. The Morgan fingerprint density at radius 3 is 2.44 bits per heavy atom. The molecule has 98 valence electrons. The molecule has 1 aromatic rings. The molecule has 1 unspecified atom stereocenters. The average molecular weight is 259 g/mol. The molecule has 0 spiro atoms. The Morgan fingerprint density at radius 1 is 1.22 bits per heavy atom. The van der Waals surface area contributed by atoms with Crippen molar-refractivity contribution in [2.24, 2.45) is 0 Å². The van der Waals surface area contributed by atoms with Crippen LogP contribution in [0.3, 0.4) is 0 Å². The lowest BCUT2D eigenvalue weighted by Gasteiger charge is -2.29. The summed E-state index contributed by atoms with van der Waals surface area (Å²) in [6.07, 6.45) is -4.94. The van der Waals surface area contributed by atoms with Gasteiger partial charge in [-0.25, -0.2) is 0 Å². The Labute approximate surface area is 102 Å². The maximum Gasteiger partial charge on any atom is 0.471 e. The fourth-order valence-electron chi connectivity index (χ4n) is 2.16. The molecular weight excluding hydrogens is 247 g/mol. The van der Waals surface area contributed by atoms with Crippen molar-refractivity contribution in [3.63, 3.8) is 0 Å². The molecule has 0 fully saturated rings. The van der Waals surface area contributed by atoms with Gasteiger partial charge in [0.2, 0.25) is 0 Å². The van der Waals surface area contributed by atoms with Crippen LogP contribution in [0.1, 0.15) is 36.1 Å². The number of aliphatic hydroxyl groups excluding tert-OH is 1. The predicted octanol–water partition coefficient (Wildman–Crippen LogP) is 2.23. The molecule has 0 saturated heterocycles. The molecule has 0 aromatic heterocycles. The van der Waals surface area contributed by atoms with E-state index in [2.05, 4.69) is 0 Å². The zero-order chi connectivity index (χ0) is 13.3. The van der Waals surface area contributed by atoms with Gasteiger partial charge >= 0.3 is 12.1 Å². The maximum atomic E-state index is 12.2. The van der Waals surface area contributed by atoms with Crippen molar-refractivity contribution in [3.05, 3.63) is 35.4 Å². The van der Waals surface area contributed by atoms with E-state index in [0.29, 0.717) is 24.0 Å². The van der Waals surface area contributed by atoms with Crippen molar-refractivity contribution < 1.29 is 23.1 Å². The van der Waals surface area contributed by atoms with Crippen molar-refractivity contribution in [2.75, 3.05) is 0 Å². The molecule has 0 bridgehead atoms. The first kappa shape index (κ1) is 12.9. The molecule has 1 aromatic carbocycles. The third kappa shape index (κ3) is 2.48. The number of aliphatic hydroxyl groups is 1. The maximum absolute atomic E-state index is 12.2. The predicted molar refractivity (Wildman–Crippen MR) is 57.6 cm³/mol. The molecule has 2 atom stereocenters. The smallest absolute Gasteiger partial charge is 0.388 e. The van der Waals surface area contributed by atoms with Gasteiger partial charge in [-0.05, 0) is 24.0 Å². The van der Waals surface area contributed by atoms with Gasteiger partial charge < -0.3 is 10.4 Å². The molecule has 6 heteroatoms. The van der Waals surface area contributed by atoms with Gasteiger partial charge in [0.1, 0.15) is 0 Å². The first-order chi connectivity index (χ1) is 8.39. The van der Waals surface area contributed by atoms with Crippen LogP contribution in [0.15, 0.2) is 24.3 Å². The van der Waals surface area contributed by atoms with E-state index in [9.17, 15) is 23.1 Å². The molecule has 1 amide bonds. The first-order valence-electron chi connectivity index (χ1n) is 5.54. The number of rotatable bonds is 1. The van der Waals surface area contributed by atoms with E-state index in [-0.39, 0.29) is 0 Å². The highest BCUT2D eigenvalue weighted by Crippen LogP contribution is 2.36. The zero-order valence-electron chi connectivity index (χ0n) is 9.37. The summed E-state index contributed by atoms with van der Waals surface area (Å²) in [7, 11) is 0. The Bertz CT molecular complexity index is 459. The van der Waals surface area contributed by atoms with Crippen molar-refractivity contribution >= 4 is 5.91 Å². The second kappa shape index (κ2) is 4.61. The number of alkyl halides is 3. The third-order valence-corrected chi connectivity index (χ3v) is 3.02. The fraction of sp³-hybridized carbons (Fsp3) is 0.417. The number of carbonyl (C=O) groups is 1. The Kier molecular flexibility index (Phi) is 3.30. The van der Waals surface area contributed by atoms with E-state index in [0.717, 1.165) is 0 Å². The molecule has 0 radical (unpaired) electrons. The minimum atomic E-state index is -4.88. The van der Waals surface area contributed by atoms with Gasteiger partial charge in [-0.2, -0.15) is 13.2 Å². The lowest BCUT2D eigenvalue weighted by atomic mass is 9.86. The van der Waals surface area contributed by atoms with E-state index in [1.165, 1.54) is 0 Å². The summed E-state index contributed by atoms with van der Waals surface area (Å²) in [6.45, 7) is 0. The largest absolute Gasteiger partial charge is 0.471 e. The van der Waals surface area contributed by atoms with Crippen LogP contribution in [-0.2, 0) is 4.79 Å². The number of hydrogen-bond acceptors (Lipinski definition) is 2. The topological polar surface area (TPSA) is 49.3 Å². The van der Waals surface area contributed by atoms with Crippen LogP contribution in [-0.4, -0.2) is 17.2 Å². The minimum Gasteiger partial charge on any atom is -0.388 e. The number of nitrogens with one attached hydrogen (secondary N) is 1. The van der Waals surface area contributed by atoms with Crippen LogP contribution in [0.5, 0.6) is 0 Å². The molecule has 0 heterocycles. The summed E-state index contributed by atoms with van der Waals surface area (Å²) in [4.78, 5) is 10.9. The number of amides is 1. The standard InChI is InChI=1S/C12H12F3NO2/c13-12(14,15)11(18)16-9-5-6-10(17)8-4-2-1-3-7(8)9/h1-4,9-10,17H,5-6H2,(H,16,18)/t9?,10-/m0/s1. The van der Waals surface area contributed by atoms with E-state index < -0.39 is 24.2 Å². The van der Waals surface area contributed by atoms with Gasteiger partial charge in [0.25, 0.3) is 0 Å².